The number of hydrogen-bond acceptors (Lipinski definition) is 5. The molecular weight excluding hydrogens is 375 g/mol. The Morgan fingerprint density at radius 2 is 1.72 bits per heavy atom. The second kappa shape index (κ2) is 7.39. The minimum Gasteiger partial charge on any atom is -0.493 e. The smallest absolute Gasteiger partial charge is 0.344 e. The molecule has 4 rings (SSSR count). The molecule has 6 heteroatoms. The number of ether oxygens (including phenoxy) is 2. The van der Waals surface area contributed by atoms with Crippen LogP contribution in [0, 0.1) is 5.82 Å². The van der Waals surface area contributed by atoms with Gasteiger partial charge in [-0.25, -0.2) is 9.18 Å². The predicted octanol–water partition coefficient (Wildman–Crippen LogP) is 4.88. The number of ketones is 1. The van der Waals surface area contributed by atoms with Gasteiger partial charge in [0.25, 0.3) is 0 Å². The van der Waals surface area contributed by atoms with Gasteiger partial charge in [0, 0.05) is 22.4 Å². The van der Waals surface area contributed by atoms with Crippen LogP contribution in [0.15, 0.2) is 63.8 Å². The summed E-state index contributed by atoms with van der Waals surface area (Å²) in [6.07, 6.45) is 0. The lowest BCUT2D eigenvalue weighted by atomic mass is 10.0. The van der Waals surface area contributed by atoms with Crippen LogP contribution in [-0.4, -0.2) is 12.9 Å². The van der Waals surface area contributed by atoms with Crippen molar-refractivity contribution in [3.05, 3.63) is 82.0 Å². The number of rotatable bonds is 5. The fraction of sp³-hybridized carbons (Fsp3) is 0.130. The molecule has 5 nitrogen and oxygen atoms in total. The predicted molar refractivity (Wildman–Crippen MR) is 107 cm³/mol. The van der Waals surface area contributed by atoms with E-state index in [4.69, 9.17) is 13.9 Å². The number of methoxy groups -OCH3 is 1. The highest BCUT2D eigenvalue weighted by Gasteiger charge is 2.14. The normalized spacial score (nSPS) is 11.0. The number of benzene rings is 3. The maximum absolute atomic E-state index is 13.1. The van der Waals surface area contributed by atoms with E-state index >= 15 is 0 Å². The summed E-state index contributed by atoms with van der Waals surface area (Å²) in [7, 11) is 1.51. The molecule has 0 aliphatic carbocycles. The maximum Gasteiger partial charge on any atom is 0.344 e. The Kier molecular flexibility index (Phi) is 4.76. The Morgan fingerprint density at radius 1 is 0.966 bits per heavy atom. The highest BCUT2D eigenvalue weighted by atomic mass is 19.1. The molecule has 1 heterocycles. The molecule has 146 valence electrons. The van der Waals surface area contributed by atoms with Gasteiger partial charge in [-0.3, -0.25) is 4.79 Å². The van der Waals surface area contributed by atoms with Gasteiger partial charge in [0.2, 0.25) is 0 Å². The largest absolute Gasteiger partial charge is 0.493 e. The van der Waals surface area contributed by atoms with E-state index in [2.05, 4.69) is 0 Å². The van der Waals surface area contributed by atoms with Crippen molar-refractivity contribution in [2.45, 2.75) is 13.5 Å². The zero-order valence-corrected chi connectivity index (χ0v) is 15.8. The first-order chi connectivity index (χ1) is 14.0. The Balaban J connectivity index is 1.80. The van der Waals surface area contributed by atoms with E-state index in [0.717, 1.165) is 5.56 Å². The fourth-order valence-electron chi connectivity index (χ4n) is 3.17. The van der Waals surface area contributed by atoms with Gasteiger partial charge in [-0.1, -0.05) is 24.3 Å². The summed E-state index contributed by atoms with van der Waals surface area (Å²) in [5.74, 6) is 0.407. The van der Waals surface area contributed by atoms with Crippen LogP contribution in [0.5, 0.6) is 11.5 Å². The second-order valence-electron chi connectivity index (χ2n) is 6.62. The van der Waals surface area contributed by atoms with Crippen molar-refractivity contribution in [3.8, 4) is 11.5 Å². The lowest BCUT2D eigenvalue weighted by Crippen LogP contribution is -2.03. The number of carbonyl (C=O) groups is 1. The van der Waals surface area contributed by atoms with Crippen LogP contribution in [0.25, 0.3) is 21.7 Å². The van der Waals surface area contributed by atoms with Gasteiger partial charge < -0.3 is 13.9 Å². The average molecular weight is 392 g/mol. The van der Waals surface area contributed by atoms with Gasteiger partial charge in [0.15, 0.2) is 17.3 Å². The molecule has 0 spiro atoms. The number of Topliss-reactive ketones (excluding diaryl/α,β-unsaturated/α-hetero) is 1. The first kappa shape index (κ1) is 18.7. The van der Waals surface area contributed by atoms with Gasteiger partial charge in [-0.2, -0.15) is 0 Å². The third-order valence-electron chi connectivity index (χ3n) is 4.71. The molecule has 0 N–H and O–H groups in total. The van der Waals surface area contributed by atoms with Crippen LogP contribution < -0.4 is 15.1 Å². The van der Waals surface area contributed by atoms with Gasteiger partial charge in [-0.15, -0.1) is 0 Å². The summed E-state index contributed by atoms with van der Waals surface area (Å²) in [5.41, 5.74) is 1.03. The van der Waals surface area contributed by atoms with Crippen LogP contribution in [0.4, 0.5) is 4.39 Å². The molecular formula is C23H17FO5. The van der Waals surface area contributed by atoms with E-state index in [0.29, 0.717) is 38.8 Å². The Morgan fingerprint density at radius 3 is 2.41 bits per heavy atom. The van der Waals surface area contributed by atoms with Crippen LogP contribution in [0.2, 0.25) is 0 Å². The molecule has 0 amide bonds. The van der Waals surface area contributed by atoms with Crippen molar-refractivity contribution < 1.29 is 23.1 Å². The van der Waals surface area contributed by atoms with E-state index in [1.165, 1.54) is 32.2 Å². The van der Waals surface area contributed by atoms with Gasteiger partial charge in [0.05, 0.1) is 12.5 Å². The molecule has 29 heavy (non-hydrogen) atoms. The summed E-state index contributed by atoms with van der Waals surface area (Å²) < 4.78 is 29.8. The SMILES string of the molecule is COc1cc2c(cc1OCc1ccc(F)cc1)oc(=O)c1cc(C(C)=O)ccc12. The van der Waals surface area contributed by atoms with Gasteiger partial charge in [0.1, 0.15) is 18.0 Å². The zero-order chi connectivity index (χ0) is 20.5. The molecule has 0 saturated heterocycles. The van der Waals surface area contributed by atoms with Crippen molar-refractivity contribution in [1.29, 1.82) is 0 Å². The lowest BCUT2D eigenvalue weighted by molar-refractivity contribution is 0.101. The van der Waals surface area contributed by atoms with Crippen LogP contribution in [0.3, 0.4) is 0 Å². The van der Waals surface area contributed by atoms with Crippen molar-refractivity contribution in [2.24, 2.45) is 0 Å². The van der Waals surface area contributed by atoms with Gasteiger partial charge >= 0.3 is 5.63 Å². The molecule has 0 bridgehead atoms. The Hall–Kier alpha value is -3.67. The van der Waals surface area contributed by atoms with Crippen LogP contribution in [-0.2, 0) is 6.61 Å². The third-order valence-corrected chi connectivity index (χ3v) is 4.71. The molecule has 3 aromatic carbocycles. The minimum absolute atomic E-state index is 0.131. The zero-order valence-electron chi connectivity index (χ0n) is 15.8. The molecule has 0 unspecified atom stereocenters. The van der Waals surface area contributed by atoms with E-state index in [9.17, 15) is 14.0 Å². The molecule has 0 aliphatic rings. The molecule has 0 fully saturated rings. The first-order valence-corrected chi connectivity index (χ1v) is 8.93. The second-order valence-corrected chi connectivity index (χ2v) is 6.62. The van der Waals surface area contributed by atoms with Crippen LogP contribution in [0.1, 0.15) is 22.8 Å². The summed E-state index contributed by atoms with van der Waals surface area (Å²) in [6.45, 7) is 1.64. The maximum atomic E-state index is 13.1. The quantitative estimate of drug-likeness (QED) is 0.275. The summed E-state index contributed by atoms with van der Waals surface area (Å²) in [4.78, 5) is 24.1. The molecule has 0 radical (unpaired) electrons. The summed E-state index contributed by atoms with van der Waals surface area (Å²) in [6, 6.07) is 14.2. The lowest BCUT2D eigenvalue weighted by Gasteiger charge is -2.13. The van der Waals surface area contributed by atoms with Crippen molar-refractivity contribution >= 4 is 27.5 Å². The topological polar surface area (TPSA) is 65.7 Å². The Bertz CT molecular complexity index is 1290. The standard InChI is InChI=1S/C23H17FO5/c1-13(25)15-5-8-17-18-10-21(27-2)22(11-20(18)29-23(26)19(17)9-15)28-12-14-3-6-16(24)7-4-14/h3-11H,12H2,1-2H3. The van der Waals surface area contributed by atoms with E-state index in [-0.39, 0.29) is 18.2 Å². The van der Waals surface area contributed by atoms with E-state index in [1.807, 2.05) is 0 Å². The summed E-state index contributed by atoms with van der Waals surface area (Å²) in [5, 5.41) is 1.65. The number of fused-ring (bicyclic) bond motifs is 3. The summed E-state index contributed by atoms with van der Waals surface area (Å²) >= 11 is 0. The van der Waals surface area contributed by atoms with E-state index < -0.39 is 5.63 Å². The molecule has 0 aliphatic heterocycles. The fourth-order valence-corrected chi connectivity index (χ4v) is 3.17. The van der Waals surface area contributed by atoms with Gasteiger partial charge in [-0.05, 0) is 36.8 Å². The highest BCUT2D eigenvalue weighted by molar-refractivity contribution is 6.07. The first-order valence-electron chi connectivity index (χ1n) is 8.93. The van der Waals surface area contributed by atoms with Crippen molar-refractivity contribution in [3.63, 3.8) is 0 Å². The monoisotopic (exact) mass is 392 g/mol. The number of halogens is 1. The molecule has 1 aromatic heterocycles. The van der Waals surface area contributed by atoms with E-state index in [1.54, 1.807) is 36.4 Å². The Labute approximate surface area is 165 Å². The molecule has 4 aromatic rings. The molecule has 0 atom stereocenters. The molecule has 0 saturated carbocycles. The van der Waals surface area contributed by atoms with Crippen molar-refractivity contribution in [1.82, 2.24) is 0 Å². The highest BCUT2D eigenvalue weighted by Crippen LogP contribution is 2.35. The van der Waals surface area contributed by atoms with Crippen LogP contribution >= 0.6 is 0 Å². The third kappa shape index (κ3) is 3.57. The van der Waals surface area contributed by atoms with Crippen molar-refractivity contribution in [2.75, 3.05) is 7.11 Å². The average Bonchev–Trinajstić information content (AvgIpc) is 2.72. The number of carbonyl (C=O) groups excluding carboxylic acids is 1. The minimum atomic E-state index is -0.537. The number of hydrogen-bond donors (Lipinski definition) is 0.